The zero-order valence-corrected chi connectivity index (χ0v) is 17.6. The summed E-state index contributed by atoms with van der Waals surface area (Å²) in [6.07, 6.45) is 8.04. The molecule has 2 aliphatic carbocycles. The van der Waals surface area contributed by atoms with Crippen LogP contribution in [-0.4, -0.2) is 52.8 Å². The first kappa shape index (κ1) is 21.6. The van der Waals surface area contributed by atoms with Crippen LogP contribution in [0.3, 0.4) is 0 Å². The summed E-state index contributed by atoms with van der Waals surface area (Å²) in [6.45, 7) is 4.13. The molecule has 1 spiro atoms. The molecule has 0 radical (unpaired) electrons. The monoisotopic (exact) mass is 406 g/mol. The molecule has 3 fully saturated rings. The number of imide groups is 1. The van der Waals surface area contributed by atoms with Crippen molar-refractivity contribution in [3.63, 3.8) is 0 Å². The average Bonchev–Trinajstić information content (AvgIpc) is 2.93. The molecule has 29 heavy (non-hydrogen) atoms. The first-order chi connectivity index (χ1) is 13.9. The Morgan fingerprint density at radius 2 is 1.72 bits per heavy atom. The van der Waals surface area contributed by atoms with Gasteiger partial charge in [-0.3, -0.25) is 19.3 Å². The second-order valence-corrected chi connectivity index (χ2v) is 8.81. The van der Waals surface area contributed by atoms with Crippen LogP contribution in [0.4, 0.5) is 4.79 Å². The lowest BCUT2D eigenvalue weighted by Gasteiger charge is -2.37. The van der Waals surface area contributed by atoms with Crippen molar-refractivity contribution in [1.82, 2.24) is 20.9 Å². The topological polar surface area (TPSA) is 108 Å². The van der Waals surface area contributed by atoms with E-state index in [2.05, 4.69) is 22.9 Å². The molecular weight excluding hydrogens is 372 g/mol. The number of nitrogens with zero attached hydrogens (tertiary/aromatic N) is 1. The summed E-state index contributed by atoms with van der Waals surface area (Å²) < 4.78 is 0. The van der Waals surface area contributed by atoms with E-state index in [4.69, 9.17) is 0 Å². The molecule has 5 amide bonds. The lowest BCUT2D eigenvalue weighted by atomic mass is 9.75. The van der Waals surface area contributed by atoms with Crippen molar-refractivity contribution in [2.24, 2.45) is 5.92 Å². The third-order valence-electron chi connectivity index (χ3n) is 6.94. The number of nitrogens with one attached hydrogen (secondary N) is 3. The van der Waals surface area contributed by atoms with Crippen LogP contribution in [0.15, 0.2) is 0 Å². The number of likely N-dealkylation sites (N-methyl/N-ethyl adjacent to an activating group) is 1. The molecule has 2 saturated carbocycles. The maximum Gasteiger partial charge on any atom is 0.325 e. The zero-order valence-electron chi connectivity index (χ0n) is 17.6. The average molecular weight is 407 g/mol. The predicted molar refractivity (Wildman–Crippen MR) is 108 cm³/mol. The van der Waals surface area contributed by atoms with E-state index in [0.29, 0.717) is 38.1 Å². The van der Waals surface area contributed by atoms with Crippen LogP contribution in [0, 0.1) is 5.92 Å². The van der Waals surface area contributed by atoms with Gasteiger partial charge in [-0.05, 0) is 51.4 Å². The Balaban J connectivity index is 1.66. The molecule has 0 aromatic rings. The fourth-order valence-corrected chi connectivity index (χ4v) is 5.08. The van der Waals surface area contributed by atoms with E-state index in [0.717, 1.165) is 43.4 Å². The Morgan fingerprint density at radius 1 is 1.07 bits per heavy atom. The standard InChI is InChI=1S/C21H34N4O4/c1-3-15-8-12-21(13-9-15)18(28)25(19(29)24-21)14-16(26)23-20(17(27)22-4-2)10-6-5-7-11-20/h15H,3-14H2,1-2H3,(H,22,27)(H,23,26)(H,24,29). The minimum absolute atomic E-state index is 0.181. The number of carbonyl (C=O) groups is 4. The van der Waals surface area contributed by atoms with Crippen LogP contribution in [0.25, 0.3) is 0 Å². The molecular formula is C21H34N4O4. The van der Waals surface area contributed by atoms with Crippen LogP contribution >= 0.6 is 0 Å². The Hall–Kier alpha value is -2.12. The van der Waals surface area contributed by atoms with E-state index >= 15 is 0 Å². The van der Waals surface area contributed by atoms with Gasteiger partial charge in [-0.15, -0.1) is 0 Å². The Kier molecular flexibility index (Phi) is 6.49. The maximum atomic E-state index is 13.0. The van der Waals surface area contributed by atoms with Crippen LogP contribution in [0.1, 0.15) is 78.1 Å². The fourth-order valence-electron chi connectivity index (χ4n) is 5.08. The Bertz CT molecular complexity index is 664. The van der Waals surface area contributed by atoms with Gasteiger partial charge in [0.25, 0.3) is 5.91 Å². The van der Waals surface area contributed by atoms with Gasteiger partial charge in [-0.2, -0.15) is 0 Å². The van der Waals surface area contributed by atoms with Crippen LogP contribution in [0.2, 0.25) is 0 Å². The molecule has 0 aromatic heterocycles. The van der Waals surface area contributed by atoms with E-state index in [1.807, 2.05) is 6.92 Å². The van der Waals surface area contributed by atoms with E-state index in [-0.39, 0.29) is 18.4 Å². The number of carbonyl (C=O) groups excluding carboxylic acids is 4. The van der Waals surface area contributed by atoms with Gasteiger partial charge in [0.1, 0.15) is 17.6 Å². The smallest absolute Gasteiger partial charge is 0.325 e. The predicted octanol–water partition coefficient (Wildman–Crippen LogP) is 1.83. The number of amides is 5. The van der Waals surface area contributed by atoms with Crippen molar-refractivity contribution in [3.8, 4) is 0 Å². The van der Waals surface area contributed by atoms with E-state index in [1.54, 1.807) is 0 Å². The second-order valence-electron chi connectivity index (χ2n) is 8.81. The number of urea groups is 1. The summed E-state index contributed by atoms with van der Waals surface area (Å²) >= 11 is 0. The van der Waals surface area contributed by atoms with E-state index in [9.17, 15) is 19.2 Å². The zero-order chi connectivity index (χ0) is 21.1. The highest BCUT2D eigenvalue weighted by molar-refractivity contribution is 6.09. The molecule has 0 unspecified atom stereocenters. The molecule has 3 N–H and O–H groups in total. The molecule has 1 aliphatic heterocycles. The van der Waals surface area contributed by atoms with Crippen molar-refractivity contribution in [3.05, 3.63) is 0 Å². The highest BCUT2D eigenvalue weighted by atomic mass is 16.2. The lowest BCUT2D eigenvalue weighted by Crippen LogP contribution is -2.61. The summed E-state index contributed by atoms with van der Waals surface area (Å²) in [7, 11) is 0. The van der Waals surface area contributed by atoms with Gasteiger partial charge >= 0.3 is 6.03 Å². The molecule has 8 nitrogen and oxygen atoms in total. The highest BCUT2D eigenvalue weighted by Gasteiger charge is 2.53. The fraction of sp³-hybridized carbons (Fsp3) is 0.810. The third kappa shape index (κ3) is 4.26. The van der Waals surface area contributed by atoms with E-state index < -0.39 is 23.0 Å². The van der Waals surface area contributed by atoms with Gasteiger partial charge in [0, 0.05) is 6.54 Å². The second kappa shape index (κ2) is 8.71. The highest BCUT2D eigenvalue weighted by Crippen LogP contribution is 2.37. The van der Waals surface area contributed by atoms with Gasteiger partial charge < -0.3 is 16.0 Å². The summed E-state index contributed by atoms with van der Waals surface area (Å²) in [4.78, 5) is 51.9. The van der Waals surface area contributed by atoms with Crippen LogP contribution in [-0.2, 0) is 14.4 Å². The maximum absolute atomic E-state index is 13.0. The molecule has 0 atom stereocenters. The third-order valence-corrected chi connectivity index (χ3v) is 6.94. The van der Waals surface area contributed by atoms with Gasteiger partial charge in [0.2, 0.25) is 11.8 Å². The van der Waals surface area contributed by atoms with Crippen molar-refractivity contribution in [2.75, 3.05) is 13.1 Å². The minimum atomic E-state index is -0.943. The molecule has 3 aliphatic rings. The Labute approximate surface area is 172 Å². The van der Waals surface area contributed by atoms with Crippen molar-refractivity contribution >= 4 is 23.8 Å². The van der Waals surface area contributed by atoms with Crippen molar-refractivity contribution in [2.45, 2.75) is 89.1 Å². The van der Waals surface area contributed by atoms with Gasteiger partial charge in [0.15, 0.2) is 0 Å². The van der Waals surface area contributed by atoms with E-state index in [1.165, 1.54) is 0 Å². The first-order valence-corrected chi connectivity index (χ1v) is 11.1. The normalized spacial score (nSPS) is 28.9. The quantitative estimate of drug-likeness (QED) is 0.585. The van der Waals surface area contributed by atoms with Crippen LogP contribution in [0.5, 0.6) is 0 Å². The summed E-state index contributed by atoms with van der Waals surface area (Å²) in [5.74, 6) is -0.352. The number of hydrogen-bond acceptors (Lipinski definition) is 4. The number of rotatable bonds is 6. The lowest BCUT2D eigenvalue weighted by molar-refractivity contribution is -0.138. The largest absolute Gasteiger partial charge is 0.354 e. The Morgan fingerprint density at radius 3 is 2.31 bits per heavy atom. The summed E-state index contributed by atoms with van der Waals surface area (Å²) in [5, 5.41) is 8.54. The van der Waals surface area contributed by atoms with Gasteiger partial charge in [0.05, 0.1) is 0 Å². The van der Waals surface area contributed by atoms with Crippen LogP contribution < -0.4 is 16.0 Å². The van der Waals surface area contributed by atoms with Crippen molar-refractivity contribution in [1.29, 1.82) is 0 Å². The summed E-state index contributed by atoms with van der Waals surface area (Å²) in [6, 6.07) is -0.504. The molecule has 162 valence electrons. The molecule has 1 heterocycles. The first-order valence-electron chi connectivity index (χ1n) is 11.1. The molecule has 1 saturated heterocycles. The van der Waals surface area contributed by atoms with Crippen molar-refractivity contribution < 1.29 is 19.2 Å². The molecule has 3 rings (SSSR count). The molecule has 0 aromatic carbocycles. The van der Waals surface area contributed by atoms with Gasteiger partial charge in [-0.25, -0.2) is 4.79 Å². The number of hydrogen-bond donors (Lipinski definition) is 3. The minimum Gasteiger partial charge on any atom is -0.354 e. The molecule has 8 heteroatoms. The SMILES string of the molecule is CCNC(=O)C1(NC(=O)CN2C(=O)NC3(CCC(CC)CC3)C2=O)CCCCC1. The van der Waals surface area contributed by atoms with Gasteiger partial charge in [-0.1, -0.05) is 32.6 Å². The molecule has 0 bridgehead atoms. The summed E-state index contributed by atoms with van der Waals surface area (Å²) in [5.41, 5.74) is -1.80.